The molecule has 1 aliphatic carbocycles. The second-order valence-corrected chi connectivity index (χ2v) is 6.93. The molecule has 7 nitrogen and oxygen atoms in total. The number of aryl methyl sites for hydroxylation is 1. The number of nitro groups is 1. The topological polar surface area (TPSA) is 95.7 Å². The molecule has 1 aliphatic heterocycles. The van der Waals surface area contributed by atoms with Gasteiger partial charge in [-0.05, 0) is 38.3 Å². The van der Waals surface area contributed by atoms with Gasteiger partial charge in [0.15, 0.2) is 0 Å². The van der Waals surface area contributed by atoms with Crippen LogP contribution < -0.4 is 5.32 Å². The molecular formula is C17H23N3O4. The molecule has 0 spiro atoms. The Labute approximate surface area is 140 Å². The molecule has 1 heterocycles. The number of nitro benzene ring substituents is 1. The molecule has 0 bridgehead atoms. The number of hydrogen-bond acceptors (Lipinski definition) is 4. The van der Waals surface area contributed by atoms with Gasteiger partial charge in [-0.3, -0.25) is 10.1 Å². The number of fused-ring (bicyclic) bond motifs is 1. The molecule has 2 aliphatic rings. The van der Waals surface area contributed by atoms with Crippen molar-refractivity contribution in [3.8, 4) is 0 Å². The monoisotopic (exact) mass is 333 g/mol. The van der Waals surface area contributed by atoms with Gasteiger partial charge in [-0.25, -0.2) is 4.79 Å². The summed E-state index contributed by atoms with van der Waals surface area (Å²) in [5.74, 6) is 0.143. The molecule has 2 atom stereocenters. The molecule has 0 aromatic heterocycles. The van der Waals surface area contributed by atoms with E-state index in [1.807, 2.05) is 0 Å². The molecule has 7 heteroatoms. The maximum Gasteiger partial charge on any atom is 0.321 e. The highest BCUT2D eigenvalue weighted by Gasteiger charge is 2.43. The molecule has 2 fully saturated rings. The number of piperidine rings is 1. The summed E-state index contributed by atoms with van der Waals surface area (Å²) in [5, 5.41) is 24.3. The summed E-state index contributed by atoms with van der Waals surface area (Å²) >= 11 is 0. The lowest BCUT2D eigenvalue weighted by molar-refractivity contribution is -0.385. The van der Waals surface area contributed by atoms with E-state index in [4.69, 9.17) is 0 Å². The van der Waals surface area contributed by atoms with Gasteiger partial charge in [0, 0.05) is 36.3 Å². The van der Waals surface area contributed by atoms with Gasteiger partial charge >= 0.3 is 6.03 Å². The van der Waals surface area contributed by atoms with Gasteiger partial charge < -0.3 is 15.3 Å². The standard InChI is InChI=1S/C17H23N3O4/c1-12-10-14(5-6-15(12)20(23)24)18-16(21)19-9-8-17(22)7-3-2-4-13(17)11-19/h5-6,10,13,22H,2-4,7-9,11H2,1H3,(H,18,21). The van der Waals surface area contributed by atoms with Crippen LogP contribution in [-0.4, -0.2) is 39.7 Å². The minimum absolute atomic E-state index is 0.0400. The Morgan fingerprint density at radius 1 is 1.42 bits per heavy atom. The first-order valence-corrected chi connectivity index (χ1v) is 8.42. The summed E-state index contributed by atoms with van der Waals surface area (Å²) in [4.78, 5) is 24.6. The lowest BCUT2D eigenvalue weighted by Gasteiger charge is -2.47. The Morgan fingerprint density at radius 2 is 2.21 bits per heavy atom. The van der Waals surface area contributed by atoms with Crippen LogP contribution in [0.3, 0.4) is 0 Å². The summed E-state index contributed by atoms with van der Waals surface area (Å²) in [6.45, 7) is 2.75. The molecule has 0 radical (unpaired) electrons. The molecule has 1 saturated carbocycles. The van der Waals surface area contributed by atoms with Gasteiger partial charge in [-0.15, -0.1) is 0 Å². The largest absolute Gasteiger partial charge is 0.389 e. The summed E-state index contributed by atoms with van der Waals surface area (Å²) in [6.07, 6.45) is 4.56. The molecule has 1 aromatic rings. The zero-order chi connectivity index (χ0) is 17.3. The third-order valence-corrected chi connectivity index (χ3v) is 5.36. The lowest BCUT2D eigenvalue weighted by Crippen LogP contribution is -2.55. The first-order chi connectivity index (χ1) is 11.4. The summed E-state index contributed by atoms with van der Waals surface area (Å²) in [7, 11) is 0. The van der Waals surface area contributed by atoms with Gasteiger partial charge in [0.25, 0.3) is 5.69 Å². The zero-order valence-corrected chi connectivity index (χ0v) is 13.8. The van der Waals surface area contributed by atoms with Crippen molar-refractivity contribution in [3.05, 3.63) is 33.9 Å². The number of rotatable bonds is 2. The van der Waals surface area contributed by atoms with Crippen LogP contribution in [0.15, 0.2) is 18.2 Å². The summed E-state index contributed by atoms with van der Waals surface area (Å²) in [6, 6.07) is 4.35. The quantitative estimate of drug-likeness (QED) is 0.642. The number of carbonyl (C=O) groups is 1. The third-order valence-electron chi connectivity index (χ3n) is 5.36. The zero-order valence-electron chi connectivity index (χ0n) is 13.8. The number of nitrogens with zero attached hydrogens (tertiary/aromatic N) is 2. The van der Waals surface area contributed by atoms with E-state index in [0.717, 1.165) is 25.7 Å². The highest BCUT2D eigenvalue weighted by Crippen LogP contribution is 2.39. The summed E-state index contributed by atoms with van der Waals surface area (Å²) in [5.41, 5.74) is 0.489. The first kappa shape index (κ1) is 16.7. The van der Waals surface area contributed by atoms with E-state index >= 15 is 0 Å². The molecular weight excluding hydrogens is 310 g/mol. The minimum Gasteiger partial charge on any atom is -0.389 e. The van der Waals surface area contributed by atoms with Crippen molar-refractivity contribution in [2.75, 3.05) is 18.4 Å². The van der Waals surface area contributed by atoms with Crippen molar-refractivity contribution in [2.45, 2.75) is 44.6 Å². The van der Waals surface area contributed by atoms with E-state index in [9.17, 15) is 20.0 Å². The van der Waals surface area contributed by atoms with Crippen LogP contribution in [-0.2, 0) is 0 Å². The van der Waals surface area contributed by atoms with Crippen molar-refractivity contribution in [3.63, 3.8) is 0 Å². The average Bonchev–Trinajstić information content (AvgIpc) is 2.53. The normalized spacial score (nSPS) is 26.6. The molecule has 130 valence electrons. The van der Waals surface area contributed by atoms with Crippen LogP contribution in [0, 0.1) is 23.0 Å². The van der Waals surface area contributed by atoms with E-state index in [-0.39, 0.29) is 17.6 Å². The Hall–Kier alpha value is -2.15. The van der Waals surface area contributed by atoms with Crippen LogP contribution in [0.2, 0.25) is 0 Å². The molecule has 1 saturated heterocycles. The van der Waals surface area contributed by atoms with E-state index in [2.05, 4.69) is 5.32 Å². The number of likely N-dealkylation sites (tertiary alicyclic amines) is 1. The van der Waals surface area contributed by atoms with Crippen LogP contribution in [0.5, 0.6) is 0 Å². The molecule has 3 rings (SSSR count). The predicted molar refractivity (Wildman–Crippen MR) is 89.9 cm³/mol. The van der Waals surface area contributed by atoms with E-state index in [0.29, 0.717) is 30.8 Å². The van der Waals surface area contributed by atoms with Gasteiger partial charge in [0.2, 0.25) is 0 Å². The van der Waals surface area contributed by atoms with Crippen molar-refractivity contribution in [1.29, 1.82) is 0 Å². The van der Waals surface area contributed by atoms with Crippen LogP contribution in [0.25, 0.3) is 0 Å². The predicted octanol–water partition coefficient (Wildman–Crippen LogP) is 3.06. The number of aliphatic hydroxyl groups is 1. The fourth-order valence-corrected chi connectivity index (χ4v) is 3.90. The minimum atomic E-state index is -0.612. The second-order valence-electron chi connectivity index (χ2n) is 6.93. The van der Waals surface area contributed by atoms with Crippen molar-refractivity contribution < 1.29 is 14.8 Å². The smallest absolute Gasteiger partial charge is 0.321 e. The molecule has 1 aromatic carbocycles. The molecule has 2 N–H and O–H groups in total. The number of hydrogen-bond donors (Lipinski definition) is 2. The van der Waals surface area contributed by atoms with Gasteiger partial charge in [-0.1, -0.05) is 12.8 Å². The lowest BCUT2D eigenvalue weighted by atomic mass is 9.71. The summed E-state index contributed by atoms with van der Waals surface area (Å²) < 4.78 is 0. The maximum atomic E-state index is 12.5. The van der Waals surface area contributed by atoms with Crippen LogP contribution >= 0.6 is 0 Å². The Kier molecular flexibility index (Phi) is 4.45. The second kappa shape index (κ2) is 6.39. The fraction of sp³-hybridized carbons (Fsp3) is 0.588. The number of carbonyl (C=O) groups excluding carboxylic acids is 1. The average molecular weight is 333 g/mol. The fourth-order valence-electron chi connectivity index (χ4n) is 3.90. The Bertz CT molecular complexity index is 663. The van der Waals surface area contributed by atoms with Gasteiger partial charge in [-0.2, -0.15) is 0 Å². The number of nitrogens with one attached hydrogen (secondary N) is 1. The number of anilines is 1. The van der Waals surface area contributed by atoms with Gasteiger partial charge in [0.1, 0.15) is 0 Å². The van der Waals surface area contributed by atoms with Crippen molar-refractivity contribution >= 4 is 17.4 Å². The SMILES string of the molecule is Cc1cc(NC(=O)N2CCC3(O)CCCCC3C2)ccc1[N+](=O)[O-]. The molecule has 2 unspecified atom stereocenters. The molecule has 24 heavy (non-hydrogen) atoms. The highest BCUT2D eigenvalue weighted by molar-refractivity contribution is 5.89. The number of urea groups is 1. The Balaban J connectivity index is 1.65. The number of benzene rings is 1. The van der Waals surface area contributed by atoms with E-state index in [1.165, 1.54) is 6.07 Å². The number of amides is 2. The first-order valence-electron chi connectivity index (χ1n) is 8.42. The third kappa shape index (κ3) is 3.21. The van der Waals surface area contributed by atoms with E-state index in [1.54, 1.807) is 24.0 Å². The van der Waals surface area contributed by atoms with E-state index < -0.39 is 10.5 Å². The van der Waals surface area contributed by atoms with Crippen molar-refractivity contribution in [2.24, 2.45) is 5.92 Å². The Morgan fingerprint density at radius 3 is 2.92 bits per heavy atom. The van der Waals surface area contributed by atoms with Crippen molar-refractivity contribution in [1.82, 2.24) is 4.90 Å². The highest BCUT2D eigenvalue weighted by atomic mass is 16.6. The van der Waals surface area contributed by atoms with Gasteiger partial charge in [0.05, 0.1) is 10.5 Å². The van der Waals surface area contributed by atoms with Crippen LogP contribution in [0.4, 0.5) is 16.2 Å². The maximum absolute atomic E-state index is 12.5. The molecule has 2 amide bonds. The van der Waals surface area contributed by atoms with Crippen LogP contribution in [0.1, 0.15) is 37.7 Å².